The number of carbonyl (C=O) groups excluding carboxylic acids is 2. The number of thioether (sulfide) groups is 1. The van der Waals surface area contributed by atoms with Gasteiger partial charge in [-0.3, -0.25) is 4.79 Å². The number of aliphatic hydroxyl groups is 1. The molecule has 1 aliphatic rings. The third-order valence-corrected chi connectivity index (χ3v) is 4.50. The number of nitrogens with zero attached hydrogens (tertiary/aromatic N) is 1. The molecule has 7 nitrogen and oxygen atoms in total. The van der Waals surface area contributed by atoms with Crippen LogP contribution in [-0.2, 0) is 14.3 Å². The van der Waals surface area contributed by atoms with Crippen molar-refractivity contribution in [2.45, 2.75) is 27.2 Å². The fraction of sp³-hybridized carbons (Fsp3) is 0.316. The van der Waals surface area contributed by atoms with Crippen LogP contribution in [0, 0.1) is 0 Å². The second kappa shape index (κ2) is 9.27. The highest BCUT2D eigenvalue weighted by atomic mass is 32.2. The van der Waals surface area contributed by atoms with E-state index in [9.17, 15) is 19.8 Å². The van der Waals surface area contributed by atoms with Gasteiger partial charge in [0.25, 0.3) is 0 Å². The maximum atomic E-state index is 12.2. The summed E-state index contributed by atoms with van der Waals surface area (Å²) < 4.78 is 10.3. The highest BCUT2D eigenvalue weighted by Gasteiger charge is 2.33. The fourth-order valence-electron chi connectivity index (χ4n) is 2.23. The lowest BCUT2D eigenvalue weighted by molar-refractivity contribution is -0.138. The summed E-state index contributed by atoms with van der Waals surface area (Å²) in [6.45, 7) is 5.61. The zero-order valence-electron chi connectivity index (χ0n) is 15.3. The molecule has 0 fully saturated rings. The number of rotatable bonds is 6. The minimum atomic E-state index is -0.741. The van der Waals surface area contributed by atoms with E-state index in [1.165, 1.54) is 6.07 Å². The Morgan fingerprint density at radius 1 is 1.19 bits per heavy atom. The summed E-state index contributed by atoms with van der Waals surface area (Å²) >= 11 is 1.01. The maximum Gasteiger partial charge on any atom is 0.344 e. The molecule has 0 saturated heterocycles. The van der Waals surface area contributed by atoms with Gasteiger partial charge < -0.3 is 19.7 Å². The molecule has 2 rings (SSSR count). The van der Waals surface area contributed by atoms with Gasteiger partial charge in [-0.2, -0.15) is 0 Å². The van der Waals surface area contributed by atoms with Gasteiger partial charge in [0, 0.05) is 6.42 Å². The van der Waals surface area contributed by atoms with Crippen molar-refractivity contribution in [3.05, 3.63) is 40.0 Å². The molecule has 1 aromatic rings. The molecule has 0 saturated carbocycles. The number of esters is 1. The average Bonchev–Trinajstić information content (AvgIpc) is 2.93. The van der Waals surface area contributed by atoms with E-state index in [0.717, 1.165) is 11.8 Å². The number of aliphatic hydroxyl groups excluding tert-OH is 1. The molecule has 0 spiro atoms. The molecule has 0 radical (unpaired) electrons. The SMILES string of the molecule is CCOC(=O)C1=C(O)/C(=C/c2ccc(O)c(OCC)c2)SC1=NC(=O)CC. The molecule has 0 aromatic heterocycles. The molecule has 144 valence electrons. The summed E-state index contributed by atoms with van der Waals surface area (Å²) in [6.07, 6.45) is 1.79. The third-order valence-electron chi connectivity index (χ3n) is 3.48. The molecule has 0 bridgehead atoms. The average molecular weight is 391 g/mol. The fourth-order valence-corrected chi connectivity index (χ4v) is 3.26. The van der Waals surface area contributed by atoms with Crippen LogP contribution >= 0.6 is 11.8 Å². The van der Waals surface area contributed by atoms with Crippen molar-refractivity contribution in [1.29, 1.82) is 0 Å². The zero-order valence-corrected chi connectivity index (χ0v) is 16.1. The topological polar surface area (TPSA) is 105 Å². The highest BCUT2D eigenvalue weighted by molar-refractivity contribution is 8.18. The van der Waals surface area contributed by atoms with Crippen molar-refractivity contribution in [3.63, 3.8) is 0 Å². The second-order valence-corrected chi connectivity index (χ2v) is 6.41. The predicted octanol–water partition coefficient (Wildman–Crippen LogP) is 3.59. The standard InChI is InChI=1S/C19H21NO6S/c1-4-15(22)20-18-16(19(24)26-6-3)17(23)14(27-18)10-11-7-8-12(21)13(9-11)25-5-2/h7-10,21,23H,4-6H2,1-3H3/b14-10-,20-18?. The first-order chi connectivity index (χ1) is 12.9. The van der Waals surface area contributed by atoms with E-state index in [1.54, 1.807) is 39.0 Å². The van der Waals surface area contributed by atoms with Crippen LogP contribution in [0.4, 0.5) is 0 Å². The lowest BCUT2D eigenvalue weighted by Gasteiger charge is -2.06. The van der Waals surface area contributed by atoms with E-state index in [-0.39, 0.29) is 35.2 Å². The highest BCUT2D eigenvalue weighted by Crippen LogP contribution is 2.40. The van der Waals surface area contributed by atoms with Crippen LogP contribution in [0.25, 0.3) is 6.08 Å². The molecule has 1 amide bonds. The van der Waals surface area contributed by atoms with E-state index in [2.05, 4.69) is 4.99 Å². The van der Waals surface area contributed by atoms with Crippen molar-refractivity contribution in [2.24, 2.45) is 4.99 Å². The van der Waals surface area contributed by atoms with Crippen molar-refractivity contribution in [2.75, 3.05) is 13.2 Å². The summed E-state index contributed by atoms with van der Waals surface area (Å²) in [5.41, 5.74) is 0.510. The van der Waals surface area contributed by atoms with E-state index in [4.69, 9.17) is 9.47 Å². The molecule has 0 aliphatic carbocycles. The Morgan fingerprint density at radius 3 is 2.56 bits per heavy atom. The van der Waals surface area contributed by atoms with Gasteiger partial charge in [0.2, 0.25) is 5.91 Å². The van der Waals surface area contributed by atoms with Crippen LogP contribution in [0.15, 0.2) is 39.4 Å². The Kier molecular flexibility index (Phi) is 7.06. The van der Waals surface area contributed by atoms with Gasteiger partial charge in [-0.1, -0.05) is 24.8 Å². The number of phenolic OH excluding ortho intramolecular Hbond substituents is 1. The van der Waals surface area contributed by atoms with Gasteiger partial charge in [0.05, 0.1) is 18.1 Å². The Hall–Kier alpha value is -2.74. The van der Waals surface area contributed by atoms with Gasteiger partial charge in [-0.25, -0.2) is 9.79 Å². The monoisotopic (exact) mass is 391 g/mol. The van der Waals surface area contributed by atoms with Gasteiger partial charge >= 0.3 is 5.97 Å². The summed E-state index contributed by atoms with van der Waals surface area (Å²) in [4.78, 5) is 28.1. The van der Waals surface area contributed by atoms with Crippen LogP contribution in [0.5, 0.6) is 11.5 Å². The van der Waals surface area contributed by atoms with Crippen molar-refractivity contribution >= 4 is 34.8 Å². The lowest BCUT2D eigenvalue weighted by atomic mass is 10.1. The first kappa shape index (κ1) is 20.6. The number of phenols is 1. The largest absolute Gasteiger partial charge is 0.506 e. The molecule has 0 unspecified atom stereocenters. The van der Waals surface area contributed by atoms with Crippen molar-refractivity contribution in [3.8, 4) is 11.5 Å². The number of hydrogen-bond donors (Lipinski definition) is 2. The van der Waals surface area contributed by atoms with Crippen LogP contribution < -0.4 is 4.74 Å². The number of amides is 1. The van der Waals surface area contributed by atoms with Gasteiger partial charge in [0.15, 0.2) is 11.5 Å². The normalized spacial score (nSPS) is 16.9. The zero-order chi connectivity index (χ0) is 20.0. The Labute approximate surface area is 161 Å². The molecule has 1 aliphatic heterocycles. The molecule has 1 heterocycles. The summed E-state index contributed by atoms with van der Waals surface area (Å²) in [6, 6.07) is 4.71. The van der Waals surface area contributed by atoms with Crippen LogP contribution in [0.2, 0.25) is 0 Å². The van der Waals surface area contributed by atoms with Crippen LogP contribution in [0.3, 0.4) is 0 Å². The Morgan fingerprint density at radius 2 is 1.93 bits per heavy atom. The Bertz CT molecular complexity index is 841. The van der Waals surface area contributed by atoms with E-state index in [1.807, 2.05) is 0 Å². The quantitative estimate of drug-likeness (QED) is 0.714. The van der Waals surface area contributed by atoms with Gasteiger partial charge in [-0.05, 0) is 37.6 Å². The molecular formula is C19H21NO6S. The van der Waals surface area contributed by atoms with Crippen LogP contribution in [0.1, 0.15) is 32.8 Å². The molecule has 8 heteroatoms. The molecule has 27 heavy (non-hydrogen) atoms. The van der Waals surface area contributed by atoms with Gasteiger partial charge in [0.1, 0.15) is 16.4 Å². The lowest BCUT2D eigenvalue weighted by Crippen LogP contribution is -2.14. The first-order valence-corrected chi connectivity index (χ1v) is 9.30. The number of ether oxygens (including phenoxy) is 2. The van der Waals surface area contributed by atoms with E-state index < -0.39 is 11.9 Å². The Balaban J connectivity index is 2.47. The van der Waals surface area contributed by atoms with E-state index >= 15 is 0 Å². The molecular weight excluding hydrogens is 370 g/mol. The number of carbonyl (C=O) groups is 2. The van der Waals surface area contributed by atoms with Crippen molar-refractivity contribution in [1.82, 2.24) is 0 Å². The molecule has 1 aromatic carbocycles. The second-order valence-electron chi connectivity index (χ2n) is 5.38. The van der Waals surface area contributed by atoms with Crippen LogP contribution in [-0.4, -0.2) is 40.3 Å². The smallest absolute Gasteiger partial charge is 0.344 e. The third kappa shape index (κ3) is 4.91. The first-order valence-electron chi connectivity index (χ1n) is 8.49. The van der Waals surface area contributed by atoms with Crippen molar-refractivity contribution < 1.29 is 29.3 Å². The minimum Gasteiger partial charge on any atom is -0.506 e. The van der Waals surface area contributed by atoms with Gasteiger partial charge in [-0.15, -0.1) is 0 Å². The number of benzene rings is 1. The predicted molar refractivity (Wildman–Crippen MR) is 104 cm³/mol. The molecule has 0 atom stereocenters. The van der Waals surface area contributed by atoms with E-state index in [0.29, 0.717) is 22.8 Å². The number of aliphatic imine (C=N–C) groups is 1. The summed E-state index contributed by atoms with van der Waals surface area (Å²) in [7, 11) is 0. The number of hydrogen-bond acceptors (Lipinski definition) is 7. The molecule has 2 N–H and O–H groups in total. The summed E-state index contributed by atoms with van der Waals surface area (Å²) in [5, 5.41) is 20.4. The number of aromatic hydroxyl groups is 1. The minimum absolute atomic E-state index is 0.000783. The summed E-state index contributed by atoms with van der Waals surface area (Å²) in [5.74, 6) is -1.14. The maximum absolute atomic E-state index is 12.2.